The molecule has 0 radical (unpaired) electrons. The molecule has 0 saturated carbocycles. The third-order valence-electron chi connectivity index (χ3n) is 3.12. The van der Waals surface area contributed by atoms with E-state index in [1.807, 2.05) is 6.92 Å². The summed E-state index contributed by atoms with van der Waals surface area (Å²) in [4.78, 5) is 0. The van der Waals surface area contributed by atoms with Crippen LogP contribution >= 0.6 is 11.6 Å². The van der Waals surface area contributed by atoms with E-state index >= 15 is 0 Å². The molecule has 100 valence electrons. The average molecular weight is 282 g/mol. The first-order valence-electron chi connectivity index (χ1n) is 5.91. The maximum Gasteiger partial charge on any atom is 0.142 e. The van der Waals surface area contributed by atoms with Gasteiger partial charge in [-0.3, -0.25) is 0 Å². The van der Waals surface area contributed by atoms with Gasteiger partial charge in [0, 0.05) is 0 Å². The molecule has 1 nitrogen and oxygen atoms in total. The predicted octanol–water partition coefficient (Wildman–Crippen LogP) is 4.24. The third kappa shape index (κ3) is 2.94. The normalized spacial score (nSPS) is 12.5. The van der Waals surface area contributed by atoms with E-state index in [2.05, 4.69) is 5.32 Å². The second-order valence-corrected chi connectivity index (χ2v) is 4.80. The molecule has 0 aliphatic carbocycles. The monoisotopic (exact) mass is 281 g/mol. The van der Waals surface area contributed by atoms with Gasteiger partial charge in [0.15, 0.2) is 0 Å². The number of rotatable bonds is 3. The summed E-state index contributed by atoms with van der Waals surface area (Å²) < 4.78 is 26.9. The first-order valence-corrected chi connectivity index (χ1v) is 6.29. The fourth-order valence-corrected chi connectivity index (χ4v) is 2.23. The molecule has 0 aromatic heterocycles. The van der Waals surface area contributed by atoms with Gasteiger partial charge < -0.3 is 5.32 Å². The van der Waals surface area contributed by atoms with Crippen LogP contribution in [-0.4, -0.2) is 7.05 Å². The van der Waals surface area contributed by atoms with Crippen LogP contribution in [0.3, 0.4) is 0 Å². The van der Waals surface area contributed by atoms with Crippen LogP contribution in [0, 0.1) is 18.6 Å². The summed E-state index contributed by atoms with van der Waals surface area (Å²) in [6.45, 7) is 1.89. The van der Waals surface area contributed by atoms with Crippen molar-refractivity contribution in [2.75, 3.05) is 7.05 Å². The first kappa shape index (κ1) is 14.0. The van der Waals surface area contributed by atoms with E-state index in [0.717, 1.165) is 11.1 Å². The minimum absolute atomic E-state index is 0.0783. The van der Waals surface area contributed by atoms with Gasteiger partial charge in [-0.1, -0.05) is 23.7 Å². The van der Waals surface area contributed by atoms with E-state index in [0.29, 0.717) is 5.56 Å². The molecular formula is C15H14ClF2N. The Morgan fingerprint density at radius 1 is 1.11 bits per heavy atom. The summed E-state index contributed by atoms with van der Waals surface area (Å²) in [5.41, 5.74) is 2.43. The Kier molecular flexibility index (Phi) is 4.17. The number of hydrogen-bond donors (Lipinski definition) is 1. The summed E-state index contributed by atoms with van der Waals surface area (Å²) in [6, 6.07) is 8.91. The van der Waals surface area contributed by atoms with Crippen molar-refractivity contribution in [3.63, 3.8) is 0 Å². The Morgan fingerprint density at radius 2 is 1.84 bits per heavy atom. The van der Waals surface area contributed by atoms with E-state index in [1.165, 1.54) is 24.3 Å². The molecule has 0 aliphatic rings. The molecule has 0 amide bonds. The molecular weight excluding hydrogens is 268 g/mol. The van der Waals surface area contributed by atoms with Crippen LogP contribution in [0.25, 0.3) is 0 Å². The molecule has 1 N–H and O–H groups in total. The molecule has 0 heterocycles. The Balaban J connectivity index is 2.49. The van der Waals surface area contributed by atoms with Gasteiger partial charge in [-0.05, 0) is 54.9 Å². The average Bonchev–Trinajstić information content (AvgIpc) is 2.38. The molecule has 4 heteroatoms. The lowest BCUT2D eigenvalue weighted by Crippen LogP contribution is -2.19. The zero-order valence-corrected chi connectivity index (χ0v) is 11.4. The van der Waals surface area contributed by atoms with Gasteiger partial charge in [-0.15, -0.1) is 0 Å². The number of aryl methyl sites for hydroxylation is 1. The lowest BCUT2D eigenvalue weighted by atomic mass is 9.95. The number of benzene rings is 2. The van der Waals surface area contributed by atoms with Crippen LogP contribution in [-0.2, 0) is 0 Å². The summed E-state index contributed by atoms with van der Waals surface area (Å²) in [5.74, 6) is -0.788. The highest BCUT2D eigenvalue weighted by atomic mass is 35.5. The Labute approximate surface area is 116 Å². The summed E-state index contributed by atoms with van der Waals surface area (Å²) in [6.07, 6.45) is 0. The lowest BCUT2D eigenvalue weighted by molar-refractivity contribution is 0.607. The molecule has 0 fully saturated rings. The number of hydrogen-bond acceptors (Lipinski definition) is 1. The predicted molar refractivity (Wildman–Crippen MR) is 73.4 cm³/mol. The lowest BCUT2D eigenvalue weighted by Gasteiger charge is -2.19. The van der Waals surface area contributed by atoms with Crippen LogP contribution in [0.2, 0.25) is 5.02 Å². The van der Waals surface area contributed by atoms with Crippen LogP contribution in [0.1, 0.15) is 22.7 Å². The van der Waals surface area contributed by atoms with Crippen LogP contribution in [0.5, 0.6) is 0 Å². The topological polar surface area (TPSA) is 12.0 Å². The summed E-state index contributed by atoms with van der Waals surface area (Å²) in [7, 11) is 1.75. The van der Waals surface area contributed by atoms with Gasteiger partial charge >= 0.3 is 0 Å². The smallest absolute Gasteiger partial charge is 0.142 e. The molecule has 0 spiro atoms. The maximum atomic E-state index is 13.5. The van der Waals surface area contributed by atoms with Gasteiger partial charge in [0.25, 0.3) is 0 Å². The van der Waals surface area contributed by atoms with Crippen molar-refractivity contribution in [1.29, 1.82) is 0 Å². The second-order valence-electron chi connectivity index (χ2n) is 4.40. The van der Waals surface area contributed by atoms with Gasteiger partial charge in [0.05, 0.1) is 11.1 Å². The van der Waals surface area contributed by atoms with Crippen molar-refractivity contribution >= 4 is 11.6 Å². The summed E-state index contributed by atoms with van der Waals surface area (Å²) in [5, 5.41) is 3.15. The maximum absolute atomic E-state index is 13.5. The highest BCUT2D eigenvalue weighted by Crippen LogP contribution is 2.27. The quantitative estimate of drug-likeness (QED) is 0.887. The van der Waals surface area contributed by atoms with Crippen molar-refractivity contribution in [3.05, 3.63) is 69.7 Å². The SMILES string of the molecule is CNC(c1ccc(Cl)c(F)c1)c1cc(F)ccc1C. The van der Waals surface area contributed by atoms with Crippen LogP contribution in [0.15, 0.2) is 36.4 Å². The van der Waals surface area contributed by atoms with Crippen molar-refractivity contribution in [2.24, 2.45) is 0 Å². The molecule has 2 aromatic rings. The van der Waals surface area contributed by atoms with E-state index in [1.54, 1.807) is 19.2 Å². The molecule has 0 bridgehead atoms. The highest BCUT2D eigenvalue weighted by molar-refractivity contribution is 6.30. The minimum atomic E-state index is -0.478. The second kappa shape index (κ2) is 5.68. The zero-order valence-electron chi connectivity index (χ0n) is 10.7. The van der Waals surface area contributed by atoms with E-state index in [9.17, 15) is 8.78 Å². The van der Waals surface area contributed by atoms with Crippen molar-refractivity contribution < 1.29 is 8.78 Å². The van der Waals surface area contributed by atoms with Gasteiger partial charge in [-0.2, -0.15) is 0 Å². The highest BCUT2D eigenvalue weighted by Gasteiger charge is 2.16. The standard InChI is InChI=1S/C15H14ClF2N/c1-9-3-5-11(17)8-12(9)15(19-2)10-4-6-13(16)14(18)7-10/h3-8,15,19H,1-2H3. The van der Waals surface area contributed by atoms with Gasteiger partial charge in [0.2, 0.25) is 0 Å². The van der Waals surface area contributed by atoms with Gasteiger partial charge in [0.1, 0.15) is 11.6 Å². The molecule has 0 saturated heterocycles. The minimum Gasteiger partial charge on any atom is -0.309 e. The molecule has 19 heavy (non-hydrogen) atoms. The van der Waals surface area contributed by atoms with Crippen molar-refractivity contribution in [3.8, 4) is 0 Å². The van der Waals surface area contributed by atoms with Gasteiger partial charge in [-0.25, -0.2) is 8.78 Å². The van der Waals surface area contributed by atoms with Crippen molar-refractivity contribution in [2.45, 2.75) is 13.0 Å². The van der Waals surface area contributed by atoms with Crippen LogP contribution < -0.4 is 5.32 Å². The largest absolute Gasteiger partial charge is 0.309 e. The molecule has 1 atom stereocenters. The Bertz CT molecular complexity index is 599. The summed E-state index contributed by atoms with van der Waals surface area (Å²) >= 11 is 5.68. The molecule has 1 unspecified atom stereocenters. The van der Waals surface area contributed by atoms with Crippen molar-refractivity contribution in [1.82, 2.24) is 5.32 Å². The molecule has 2 aromatic carbocycles. The van der Waals surface area contributed by atoms with E-state index in [-0.39, 0.29) is 16.9 Å². The Hall–Kier alpha value is -1.45. The zero-order chi connectivity index (χ0) is 14.0. The Morgan fingerprint density at radius 3 is 2.47 bits per heavy atom. The molecule has 0 aliphatic heterocycles. The number of halogens is 3. The first-order chi connectivity index (χ1) is 9.02. The fraction of sp³-hybridized carbons (Fsp3) is 0.200. The van der Waals surface area contributed by atoms with E-state index in [4.69, 9.17) is 11.6 Å². The third-order valence-corrected chi connectivity index (χ3v) is 3.42. The van der Waals surface area contributed by atoms with Crippen LogP contribution in [0.4, 0.5) is 8.78 Å². The molecule has 2 rings (SSSR count). The fourth-order valence-electron chi connectivity index (χ4n) is 2.12. The number of nitrogens with one attached hydrogen (secondary N) is 1. The van der Waals surface area contributed by atoms with E-state index < -0.39 is 5.82 Å².